The zero-order valence-electron chi connectivity index (χ0n) is 13.7. The number of rotatable bonds is 3. The fourth-order valence-corrected chi connectivity index (χ4v) is 2.74. The van der Waals surface area contributed by atoms with Crippen LogP contribution in [0.1, 0.15) is 27.3 Å². The fraction of sp³-hybridized carbons (Fsp3) is 0.167. The molecule has 0 aliphatic rings. The number of carbonyl (C=O) groups excluding carboxylic acids is 1. The molecule has 0 unspecified atom stereocenters. The molecule has 0 atom stereocenters. The van der Waals surface area contributed by atoms with Crippen LogP contribution in [0.4, 0.5) is 5.69 Å². The molecule has 0 aliphatic heterocycles. The number of halogens is 1. The van der Waals surface area contributed by atoms with E-state index in [0.717, 1.165) is 16.8 Å². The monoisotopic (exact) mass is 340 g/mol. The highest BCUT2D eigenvalue weighted by molar-refractivity contribution is 6.32. The van der Waals surface area contributed by atoms with E-state index in [1.807, 2.05) is 50.2 Å². The van der Waals surface area contributed by atoms with E-state index in [1.165, 1.54) is 0 Å². The van der Waals surface area contributed by atoms with Gasteiger partial charge < -0.3 is 5.32 Å². The predicted octanol–water partition coefficient (Wildman–Crippen LogP) is 4.10. The molecule has 0 saturated carbocycles. The fourth-order valence-electron chi connectivity index (χ4n) is 2.53. The number of para-hydroxylation sites is 1. The van der Waals surface area contributed by atoms with Gasteiger partial charge in [0.25, 0.3) is 5.91 Å². The standard InChI is InChI=1S/C18H17ClN4O/c1-11-8-9-15(12(2)10-11)20-18(24)17-13(3)23(22-21-17)16-7-5-4-6-14(16)19/h4-10H,1-3H3,(H,20,24). The minimum absolute atomic E-state index is 0.273. The third-order valence-corrected chi connectivity index (χ3v) is 4.14. The summed E-state index contributed by atoms with van der Waals surface area (Å²) in [5, 5.41) is 11.5. The maximum Gasteiger partial charge on any atom is 0.278 e. The topological polar surface area (TPSA) is 59.8 Å². The molecule has 1 aromatic heterocycles. The number of hydrogen-bond acceptors (Lipinski definition) is 3. The molecule has 24 heavy (non-hydrogen) atoms. The van der Waals surface area contributed by atoms with Gasteiger partial charge in [-0.25, -0.2) is 4.68 Å². The Bertz CT molecular complexity index is 917. The van der Waals surface area contributed by atoms with Crippen LogP contribution in [0, 0.1) is 20.8 Å². The maximum absolute atomic E-state index is 12.5. The molecule has 3 rings (SSSR count). The lowest BCUT2D eigenvalue weighted by molar-refractivity contribution is 0.102. The molecule has 5 nitrogen and oxygen atoms in total. The number of aryl methyl sites for hydroxylation is 2. The summed E-state index contributed by atoms with van der Waals surface area (Å²) in [4.78, 5) is 12.5. The minimum Gasteiger partial charge on any atom is -0.320 e. The number of anilines is 1. The Morgan fingerprint density at radius 1 is 1.12 bits per heavy atom. The van der Waals surface area contributed by atoms with Crippen molar-refractivity contribution in [2.45, 2.75) is 20.8 Å². The lowest BCUT2D eigenvalue weighted by Gasteiger charge is -2.09. The zero-order chi connectivity index (χ0) is 17.3. The van der Waals surface area contributed by atoms with Crippen LogP contribution >= 0.6 is 11.6 Å². The lowest BCUT2D eigenvalue weighted by atomic mass is 10.1. The van der Waals surface area contributed by atoms with Crippen molar-refractivity contribution in [1.82, 2.24) is 15.0 Å². The molecule has 122 valence electrons. The first kappa shape index (κ1) is 16.2. The van der Waals surface area contributed by atoms with Crippen LogP contribution in [0.5, 0.6) is 0 Å². The highest BCUT2D eigenvalue weighted by Gasteiger charge is 2.19. The molecule has 0 spiro atoms. The summed E-state index contributed by atoms with van der Waals surface area (Å²) in [5.74, 6) is -0.294. The second-order valence-electron chi connectivity index (χ2n) is 5.66. The second kappa shape index (κ2) is 6.45. The first-order valence-corrected chi connectivity index (χ1v) is 7.91. The van der Waals surface area contributed by atoms with Crippen molar-refractivity contribution in [2.24, 2.45) is 0 Å². The molecule has 0 aliphatic carbocycles. The smallest absolute Gasteiger partial charge is 0.278 e. The first-order chi connectivity index (χ1) is 11.5. The van der Waals surface area contributed by atoms with Crippen LogP contribution in [0.3, 0.4) is 0 Å². The van der Waals surface area contributed by atoms with Gasteiger partial charge in [0.1, 0.15) is 0 Å². The average Bonchev–Trinajstić information content (AvgIpc) is 2.92. The van der Waals surface area contributed by atoms with Crippen molar-refractivity contribution in [3.05, 3.63) is 70.0 Å². The van der Waals surface area contributed by atoms with Crippen LogP contribution in [0.15, 0.2) is 42.5 Å². The van der Waals surface area contributed by atoms with Gasteiger partial charge in [0, 0.05) is 5.69 Å². The number of carbonyl (C=O) groups is 1. The summed E-state index contributed by atoms with van der Waals surface area (Å²) in [6, 6.07) is 13.2. The van der Waals surface area contributed by atoms with Crippen molar-refractivity contribution in [3.8, 4) is 5.69 Å². The summed E-state index contributed by atoms with van der Waals surface area (Å²) in [6.45, 7) is 5.76. The van der Waals surface area contributed by atoms with Crippen molar-refractivity contribution < 1.29 is 4.79 Å². The van der Waals surface area contributed by atoms with Gasteiger partial charge in [0.15, 0.2) is 5.69 Å². The van der Waals surface area contributed by atoms with Crippen molar-refractivity contribution in [3.63, 3.8) is 0 Å². The summed E-state index contributed by atoms with van der Waals surface area (Å²) >= 11 is 6.20. The van der Waals surface area contributed by atoms with E-state index < -0.39 is 0 Å². The van der Waals surface area contributed by atoms with Gasteiger partial charge in [-0.3, -0.25) is 4.79 Å². The van der Waals surface area contributed by atoms with E-state index in [9.17, 15) is 4.79 Å². The van der Waals surface area contributed by atoms with Gasteiger partial charge in [-0.05, 0) is 44.5 Å². The quantitative estimate of drug-likeness (QED) is 0.781. The Kier molecular flexibility index (Phi) is 4.36. The van der Waals surface area contributed by atoms with E-state index in [0.29, 0.717) is 16.4 Å². The van der Waals surface area contributed by atoms with Gasteiger partial charge in [-0.2, -0.15) is 0 Å². The minimum atomic E-state index is -0.294. The summed E-state index contributed by atoms with van der Waals surface area (Å²) in [5.41, 5.74) is 4.50. The van der Waals surface area contributed by atoms with Crippen LogP contribution < -0.4 is 5.32 Å². The van der Waals surface area contributed by atoms with Crippen LogP contribution in [0.25, 0.3) is 5.69 Å². The maximum atomic E-state index is 12.5. The lowest BCUT2D eigenvalue weighted by Crippen LogP contribution is -2.15. The molecule has 0 saturated heterocycles. The number of aromatic nitrogens is 3. The van der Waals surface area contributed by atoms with Crippen molar-refractivity contribution in [1.29, 1.82) is 0 Å². The Balaban J connectivity index is 1.91. The second-order valence-corrected chi connectivity index (χ2v) is 6.07. The van der Waals surface area contributed by atoms with E-state index in [4.69, 9.17) is 11.6 Å². The van der Waals surface area contributed by atoms with Crippen LogP contribution in [-0.4, -0.2) is 20.9 Å². The highest BCUT2D eigenvalue weighted by Crippen LogP contribution is 2.22. The Labute approximate surface area is 145 Å². The molecule has 1 heterocycles. The van der Waals surface area contributed by atoms with Crippen molar-refractivity contribution in [2.75, 3.05) is 5.32 Å². The predicted molar refractivity (Wildman–Crippen MR) is 95.0 cm³/mol. The molecular weight excluding hydrogens is 324 g/mol. The highest BCUT2D eigenvalue weighted by atomic mass is 35.5. The zero-order valence-corrected chi connectivity index (χ0v) is 14.4. The summed E-state index contributed by atoms with van der Waals surface area (Å²) < 4.78 is 1.57. The Morgan fingerprint density at radius 3 is 2.58 bits per heavy atom. The molecule has 3 aromatic rings. The SMILES string of the molecule is Cc1ccc(NC(=O)c2nnn(-c3ccccc3Cl)c2C)c(C)c1. The summed E-state index contributed by atoms with van der Waals surface area (Å²) in [7, 11) is 0. The van der Waals surface area contributed by atoms with E-state index >= 15 is 0 Å². The number of nitrogens with zero attached hydrogens (tertiary/aromatic N) is 3. The third-order valence-electron chi connectivity index (χ3n) is 3.82. The summed E-state index contributed by atoms with van der Waals surface area (Å²) in [6.07, 6.45) is 0. The van der Waals surface area contributed by atoms with Gasteiger partial charge in [-0.1, -0.05) is 46.6 Å². The van der Waals surface area contributed by atoms with E-state index in [1.54, 1.807) is 17.7 Å². The first-order valence-electron chi connectivity index (χ1n) is 7.53. The van der Waals surface area contributed by atoms with Gasteiger partial charge >= 0.3 is 0 Å². The van der Waals surface area contributed by atoms with Gasteiger partial charge in [-0.15, -0.1) is 5.10 Å². The molecule has 1 N–H and O–H groups in total. The number of nitrogens with one attached hydrogen (secondary N) is 1. The van der Waals surface area contributed by atoms with Crippen LogP contribution in [-0.2, 0) is 0 Å². The largest absolute Gasteiger partial charge is 0.320 e. The van der Waals surface area contributed by atoms with Crippen LogP contribution in [0.2, 0.25) is 5.02 Å². The van der Waals surface area contributed by atoms with E-state index in [2.05, 4.69) is 15.6 Å². The molecule has 6 heteroatoms. The number of amides is 1. The number of benzene rings is 2. The molecule has 1 amide bonds. The van der Waals surface area contributed by atoms with Gasteiger partial charge in [0.05, 0.1) is 16.4 Å². The molecule has 0 radical (unpaired) electrons. The average molecular weight is 341 g/mol. The Hall–Kier alpha value is -2.66. The third kappa shape index (κ3) is 3.03. The Morgan fingerprint density at radius 2 is 1.88 bits per heavy atom. The van der Waals surface area contributed by atoms with Crippen molar-refractivity contribution >= 4 is 23.2 Å². The van der Waals surface area contributed by atoms with Gasteiger partial charge in [0.2, 0.25) is 0 Å². The number of hydrogen-bond donors (Lipinski definition) is 1. The molecular formula is C18H17ClN4O. The van der Waals surface area contributed by atoms with E-state index in [-0.39, 0.29) is 11.6 Å². The normalized spacial score (nSPS) is 10.7. The molecule has 2 aromatic carbocycles. The molecule has 0 bridgehead atoms. The molecule has 0 fully saturated rings.